The van der Waals surface area contributed by atoms with Crippen molar-refractivity contribution in [3.05, 3.63) is 53.5 Å². The second-order valence-corrected chi connectivity index (χ2v) is 8.30. The lowest BCUT2D eigenvalue weighted by Gasteiger charge is -2.31. The maximum Gasteiger partial charge on any atom is 0.263 e. The van der Waals surface area contributed by atoms with Gasteiger partial charge in [0.1, 0.15) is 5.00 Å². The summed E-state index contributed by atoms with van der Waals surface area (Å²) in [6.45, 7) is 4.06. The Labute approximate surface area is 169 Å². The van der Waals surface area contributed by atoms with Crippen LogP contribution in [-0.4, -0.2) is 40.9 Å². The van der Waals surface area contributed by atoms with E-state index in [1.165, 1.54) is 16.7 Å². The summed E-state index contributed by atoms with van der Waals surface area (Å²) in [5.74, 6) is 0.229. The van der Waals surface area contributed by atoms with E-state index in [9.17, 15) is 9.59 Å². The Balaban J connectivity index is 1.42. The number of carbonyl (C=O) groups excluding carboxylic acids is 2. The smallest absolute Gasteiger partial charge is 0.263 e. The molecule has 1 aromatic carbocycles. The molecule has 1 N–H and O–H groups in total. The van der Waals surface area contributed by atoms with Crippen molar-refractivity contribution in [2.24, 2.45) is 5.92 Å². The number of hydrogen-bond acceptors (Lipinski definition) is 3. The van der Waals surface area contributed by atoms with E-state index in [0.717, 1.165) is 41.2 Å². The minimum absolute atomic E-state index is 0.0285. The van der Waals surface area contributed by atoms with Crippen molar-refractivity contribution in [3.8, 4) is 5.00 Å². The first kappa shape index (κ1) is 18.7. The summed E-state index contributed by atoms with van der Waals surface area (Å²) in [6.07, 6.45) is 4.47. The van der Waals surface area contributed by atoms with Gasteiger partial charge in [-0.05, 0) is 48.9 Å². The van der Waals surface area contributed by atoms with Crippen LogP contribution in [0.15, 0.2) is 48.7 Å². The van der Waals surface area contributed by atoms with E-state index < -0.39 is 0 Å². The van der Waals surface area contributed by atoms with Crippen molar-refractivity contribution in [1.29, 1.82) is 0 Å². The van der Waals surface area contributed by atoms with Gasteiger partial charge in [0.15, 0.2) is 0 Å². The molecule has 0 saturated carbocycles. The Morgan fingerprint density at radius 1 is 1.11 bits per heavy atom. The number of nitrogens with zero attached hydrogens (tertiary/aromatic N) is 2. The van der Waals surface area contributed by atoms with Gasteiger partial charge in [0.05, 0.1) is 10.4 Å². The first-order valence-electron chi connectivity index (χ1n) is 9.90. The third-order valence-corrected chi connectivity index (χ3v) is 6.41. The third-order valence-electron chi connectivity index (χ3n) is 5.34. The highest BCUT2D eigenvalue weighted by Gasteiger charge is 2.28. The molecule has 3 heterocycles. The molecule has 2 aromatic heterocycles. The van der Waals surface area contributed by atoms with E-state index in [-0.39, 0.29) is 17.7 Å². The fourth-order valence-corrected chi connectivity index (χ4v) is 4.71. The van der Waals surface area contributed by atoms with E-state index in [1.807, 2.05) is 42.3 Å². The number of para-hydroxylation sites is 1. The van der Waals surface area contributed by atoms with Gasteiger partial charge in [0, 0.05) is 31.7 Å². The van der Waals surface area contributed by atoms with Gasteiger partial charge in [-0.3, -0.25) is 9.59 Å². The number of benzene rings is 1. The van der Waals surface area contributed by atoms with Crippen LogP contribution in [0.2, 0.25) is 0 Å². The highest BCUT2D eigenvalue weighted by molar-refractivity contribution is 7.16. The summed E-state index contributed by atoms with van der Waals surface area (Å²) in [6, 6.07) is 14.2. The Hall–Kier alpha value is -2.60. The monoisotopic (exact) mass is 395 g/mol. The SMILES string of the molecule is CCCNC(=O)C1CCN(C(=O)c2ccc(-n3ccc4ccccc43)s2)CC1. The van der Waals surface area contributed by atoms with Gasteiger partial charge in [-0.1, -0.05) is 25.1 Å². The van der Waals surface area contributed by atoms with Crippen LogP contribution in [0, 0.1) is 5.92 Å². The summed E-state index contributed by atoms with van der Waals surface area (Å²) < 4.78 is 2.13. The average Bonchev–Trinajstić information content (AvgIpc) is 3.38. The predicted molar refractivity (Wildman–Crippen MR) is 113 cm³/mol. The van der Waals surface area contributed by atoms with Gasteiger partial charge in [-0.15, -0.1) is 11.3 Å². The molecule has 0 unspecified atom stereocenters. The molecule has 6 heteroatoms. The molecular formula is C22H25N3O2S. The molecule has 0 radical (unpaired) electrons. The number of aromatic nitrogens is 1. The molecule has 1 saturated heterocycles. The highest BCUT2D eigenvalue weighted by Crippen LogP contribution is 2.28. The highest BCUT2D eigenvalue weighted by atomic mass is 32.1. The maximum atomic E-state index is 12.9. The zero-order chi connectivity index (χ0) is 19.5. The number of hydrogen-bond donors (Lipinski definition) is 1. The van der Waals surface area contributed by atoms with Crippen molar-refractivity contribution >= 4 is 34.1 Å². The zero-order valence-electron chi connectivity index (χ0n) is 16.1. The second-order valence-electron chi connectivity index (χ2n) is 7.24. The van der Waals surface area contributed by atoms with Gasteiger partial charge in [0.25, 0.3) is 5.91 Å². The van der Waals surface area contributed by atoms with Crippen LogP contribution in [0.5, 0.6) is 0 Å². The minimum Gasteiger partial charge on any atom is -0.356 e. The first-order valence-corrected chi connectivity index (χ1v) is 10.7. The lowest BCUT2D eigenvalue weighted by molar-refractivity contribution is -0.126. The molecule has 1 aliphatic heterocycles. The third kappa shape index (κ3) is 3.69. The van der Waals surface area contributed by atoms with E-state index in [4.69, 9.17) is 0 Å². The average molecular weight is 396 g/mol. The van der Waals surface area contributed by atoms with E-state index in [0.29, 0.717) is 13.1 Å². The minimum atomic E-state index is 0.0285. The molecule has 0 spiro atoms. The lowest BCUT2D eigenvalue weighted by Crippen LogP contribution is -2.43. The molecule has 1 aliphatic rings. The quantitative estimate of drug-likeness (QED) is 0.708. The number of thiophene rings is 1. The predicted octanol–water partition coefficient (Wildman–Crippen LogP) is 4.07. The van der Waals surface area contributed by atoms with E-state index >= 15 is 0 Å². The molecule has 0 atom stereocenters. The molecule has 2 amide bonds. The Morgan fingerprint density at radius 2 is 1.89 bits per heavy atom. The van der Waals surface area contributed by atoms with Crippen LogP contribution in [0.25, 0.3) is 15.9 Å². The van der Waals surface area contributed by atoms with Crippen LogP contribution in [0.4, 0.5) is 0 Å². The molecule has 146 valence electrons. The lowest BCUT2D eigenvalue weighted by atomic mass is 9.96. The molecule has 1 fully saturated rings. The van der Waals surface area contributed by atoms with Gasteiger partial charge in [-0.25, -0.2) is 0 Å². The summed E-state index contributed by atoms with van der Waals surface area (Å²) >= 11 is 1.52. The summed E-state index contributed by atoms with van der Waals surface area (Å²) in [7, 11) is 0. The molecule has 28 heavy (non-hydrogen) atoms. The number of rotatable bonds is 5. The number of likely N-dealkylation sites (tertiary alicyclic amines) is 1. The van der Waals surface area contributed by atoms with Crippen molar-refractivity contribution in [1.82, 2.24) is 14.8 Å². The fraction of sp³-hybridized carbons (Fsp3) is 0.364. The molecule has 0 bridgehead atoms. The molecule has 0 aliphatic carbocycles. The van der Waals surface area contributed by atoms with Crippen molar-refractivity contribution < 1.29 is 9.59 Å². The largest absolute Gasteiger partial charge is 0.356 e. The number of piperidine rings is 1. The number of fused-ring (bicyclic) bond motifs is 1. The van der Waals surface area contributed by atoms with Crippen molar-refractivity contribution in [2.75, 3.05) is 19.6 Å². The number of amides is 2. The van der Waals surface area contributed by atoms with Crippen molar-refractivity contribution in [2.45, 2.75) is 26.2 Å². The second kappa shape index (κ2) is 8.19. The van der Waals surface area contributed by atoms with Gasteiger partial charge < -0.3 is 14.8 Å². The Bertz CT molecular complexity index is 983. The van der Waals surface area contributed by atoms with Crippen LogP contribution in [0.1, 0.15) is 35.9 Å². The molecule has 4 rings (SSSR count). The Morgan fingerprint density at radius 3 is 2.68 bits per heavy atom. The summed E-state index contributed by atoms with van der Waals surface area (Å²) in [4.78, 5) is 27.7. The normalized spacial score (nSPS) is 15.1. The molecule has 5 nitrogen and oxygen atoms in total. The van der Waals surface area contributed by atoms with Crippen LogP contribution in [-0.2, 0) is 4.79 Å². The Kier molecular flexibility index (Phi) is 5.48. The molecular weight excluding hydrogens is 370 g/mol. The van der Waals surface area contributed by atoms with Gasteiger partial charge in [0.2, 0.25) is 5.91 Å². The standard InChI is InChI=1S/C22H25N3O2S/c1-2-12-23-21(26)17-9-13-24(14-10-17)22(27)19-7-8-20(28-19)25-15-11-16-5-3-4-6-18(16)25/h3-8,11,15,17H,2,9-10,12-14H2,1H3,(H,23,26). The van der Waals surface area contributed by atoms with Gasteiger partial charge >= 0.3 is 0 Å². The van der Waals surface area contributed by atoms with Crippen LogP contribution >= 0.6 is 11.3 Å². The van der Waals surface area contributed by atoms with E-state index in [2.05, 4.69) is 28.1 Å². The number of nitrogens with one attached hydrogen (secondary N) is 1. The van der Waals surface area contributed by atoms with Crippen molar-refractivity contribution in [3.63, 3.8) is 0 Å². The van der Waals surface area contributed by atoms with Crippen LogP contribution in [0.3, 0.4) is 0 Å². The maximum absolute atomic E-state index is 12.9. The number of carbonyl (C=O) groups is 2. The summed E-state index contributed by atoms with van der Waals surface area (Å²) in [5.41, 5.74) is 1.14. The zero-order valence-corrected chi connectivity index (χ0v) is 16.9. The van der Waals surface area contributed by atoms with E-state index in [1.54, 1.807) is 0 Å². The van der Waals surface area contributed by atoms with Gasteiger partial charge in [-0.2, -0.15) is 0 Å². The molecule has 3 aromatic rings. The fourth-order valence-electron chi connectivity index (χ4n) is 3.74. The summed E-state index contributed by atoms with van der Waals surface area (Å²) in [5, 5.41) is 5.20. The first-order chi connectivity index (χ1) is 13.7. The topological polar surface area (TPSA) is 54.3 Å². The van der Waals surface area contributed by atoms with Crippen LogP contribution < -0.4 is 5.32 Å².